The number of carbonyl (C=O) groups excluding carboxylic acids is 1. The molecular weight excluding hydrogens is 344 g/mol. The molecule has 0 unspecified atom stereocenters. The van der Waals surface area contributed by atoms with Crippen LogP contribution in [0.3, 0.4) is 0 Å². The fraction of sp³-hybridized carbons (Fsp3) is 0.400. The second-order valence-electron chi connectivity index (χ2n) is 6.91. The zero-order valence-electron chi connectivity index (χ0n) is 15.0. The van der Waals surface area contributed by atoms with Gasteiger partial charge in [0.1, 0.15) is 6.07 Å². The lowest BCUT2D eigenvalue weighted by atomic mass is 9.91. The molecule has 4 rings (SSSR count). The number of nitriles is 1. The van der Waals surface area contributed by atoms with Crippen LogP contribution < -0.4 is 4.90 Å². The Kier molecular flexibility index (Phi) is 4.33. The maximum absolute atomic E-state index is 11.7. The van der Waals surface area contributed by atoms with E-state index in [2.05, 4.69) is 33.3 Å². The number of Topliss-reactive ketones (excluding diaryl/α,β-unsaturated/α-hetero) is 1. The van der Waals surface area contributed by atoms with Crippen molar-refractivity contribution in [3.05, 3.63) is 39.3 Å². The van der Waals surface area contributed by atoms with Gasteiger partial charge in [-0.1, -0.05) is 0 Å². The molecule has 0 fully saturated rings. The number of benzene rings is 1. The largest absolute Gasteiger partial charge is 0.371 e. The number of hydrogen-bond donors (Lipinski definition) is 0. The fourth-order valence-electron chi connectivity index (χ4n) is 3.98. The third-order valence-corrected chi connectivity index (χ3v) is 6.41. The molecule has 26 heavy (non-hydrogen) atoms. The summed E-state index contributed by atoms with van der Waals surface area (Å²) in [5, 5.41) is 18.7. The number of carbonyl (C=O) groups is 1. The number of nitrogens with zero attached hydrogens (tertiary/aromatic N) is 4. The van der Waals surface area contributed by atoms with Crippen molar-refractivity contribution >= 4 is 33.5 Å². The summed E-state index contributed by atoms with van der Waals surface area (Å²) in [6.45, 7) is 5.60. The highest BCUT2D eigenvalue weighted by Crippen LogP contribution is 2.40. The van der Waals surface area contributed by atoms with Crippen molar-refractivity contribution in [2.45, 2.75) is 39.5 Å². The van der Waals surface area contributed by atoms with Crippen LogP contribution in [-0.4, -0.2) is 18.9 Å². The fourth-order valence-corrected chi connectivity index (χ4v) is 4.96. The number of thiophene rings is 1. The highest BCUT2D eigenvalue weighted by Gasteiger charge is 2.24. The minimum absolute atomic E-state index is 0.0382. The number of anilines is 1. The van der Waals surface area contributed by atoms with E-state index in [0.717, 1.165) is 31.6 Å². The zero-order chi connectivity index (χ0) is 18.3. The Morgan fingerprint density at radius 3 is 2.42 bits per heavy atom. The van der Waals surface area contributed by atoms with E-state index in [1.54, 1.807) is 6.92 Å². The van der Waals surface area contributed by atoms with E-state index in [1.165, 1.54) is 47.9 Å². The molecule has 0 aliphatic carbocycles. The van der Waals surface area contributed by atoms with Crippen molar-refractivity contribution in [1.82, 2.24) is 0 Å². The van der Waals surface area contributed by atoms with Gasteiger partial charge in [0.15, 0.2) is 10.8 Å². The van der Waals surface area contributed by atoms with Crippen molar-refractivity contribution in [2.75, 3.05) is 18.0 Å². The monoisotopic (exact) mass is 364 g/mol. The molecule has 3 heterocycles. The van der Waals surface area contributed by atoms with Gasteiger partial charge in [-0.3, -0.25) is 4.79 Å². The predicted molar refractivity (Wildman–Crippen MR) is 103 cm³/mol. The third-order valence-electron chi connectivity index (χ3n) is 5.13. The summed E-state index contributed by atoms with van der Waals surface area (Å²) in [4.78, 5) is 14.8. The summed E-state index contributed by atoms with van der Waals surface area (Å²) in [6, 6.07) is 6.41. The summed E-state index contributed by atoms with van der Waals surface area (Å²) in [5.74, 6) is -0.0382. The quantitative estimate of drug-likeness (QED) is 0.552. The Morgan fingerprint density at radius 2 is 1.85 bits per heavy atom. The number of hydrogen-bond acceptors (Lipinski definition) is 6. The van der Waals surface area contributed by atoms with Crippen LogP contribution in [0.4, 0.5) is 16.4 Å². The molecule has 2 aliphatic rings. The molecule has 6 heteroatoms. The third kappa shape index (κ3) is 2.82. The van der Waals surface area contributed by atoms with Crippen molar-refractivity contribution in [2.24, 2.45) is 10.2 Å². The molecule has 0 bridgehead atoms. The van der Waals surface area contributed by atoms with Gasteiger partial charge in [0.05, 0.1) is 16.1 Å². The molecular formula is C20H20N4OS. The maximum Gasteiger partial charge on any atom is 0.170 e. The topological polar surface area (TPSA) is 68.8 Å². The van der Waals surface area contributed by atoms with Crippen LogP contribution in [0.5, 0.6) is 0 Å². The summed E-state index contributed by atoms with van der Waals surface area (Å²) in [6.07, 6.45) is 4.52. The van der Waals surface area contributed by atoms with E-state index >= 15 is 0 Å². The standard InChI is InChI=1S/C20H20N4OS/c1-12-17(11-21)20(26-19(12)13(2)25)23-22-16-9-14-5-3-7-24-8-4-6-15(10-16)18(14)24/h9-10H,3-8H2,1-2H3. The number of ketones is 1. The van der Waals surface area contributed by atoms with Gasteiger partial charge < -0.3 is 4.90 Å². The predicted octanol–water partition coefficient (Wildman–Crippen LogP) is 5.25. The second kappa shape index (κ2) is 6.65. The highest BCUT2D eigenvalue weighted by atomic mass is 32.1. The molecule has 0 N–H and O–H groups in total. The molecule has 5 nitrogen and oxygen atoms in total. The van der Waals surface area contributed by atoms with Crippen molar-refractivity contribution in [3.63, 3.8) is 0 Å². The lowest BCUT2D eigenvalue weighted by molar-refractivity contribution is 0.102. The van der Waals surface area contributed by atoms with E-state index in [1.807, 2.05) is 0 Å². The molecule has 0 saturated carbocycles. The average molecular weight is 364 g/mol. The van der Waals surface area contributed by atoms with Gasteiger partial charge in [0, 0.05) is 18.8 Å². The molecule has 0 spiro atoms. The summed E-state index contributed by atoms with van der Waals surface area (Å²) >= 11 is 1.25. The summed E-state index contributed by atoms with van der Waals surface area (Å²) in [7, 11) is 0. The molecule has 132 valence electrons. The number of rotatable bonds is 3. The van der Waals surface area contributed by atoms with Crippen LogP contribution in [0.2, 0.25) is 0 Å². The minimum Gasteiger partial charge on any atom is -0.371 e. The molecule has 0 saturated heterocycles. The Balaban J connectivity index is 1.72. The molecule has 1 aromatic heterocycles. The van der Waals surface area contributed by atoms with E-state index in [9.17, 15) is 10.1 Å². The van der Waals surface area contributed by atoms with Crippen molar-refractivity contribution < 1.29 is 4.79 Å². The van der Waals surface area contributed by atoms with Crippen LogP contribution in [0.1, 0.15) is 51.7 Å². The van der Waals surface area contributed by atoms with Gasteiger partial charge >= 0.3 is 0 Å². The van der Waals surface area contributed by atoms with E-state index in [-0.39, 0.29) is 5.78 Å². The van der Waals surface area contributed by atoms with Gasteiger partial charge in [-0.15, -0.1) is 21.6 Å². The van der Waals surface area contributed by atoms with Crippen LogP contribution in [0.25, 0.3) is 0 Å². The smallest absolute Gasteiger partial charge is 0.170 e. The molecule has 2 aromatic rings. The second-order valence-corrected chi connectivity index (χ2v) is 7.91. The van der Waals surface area contributed by atoms with E-state index in [0.29, 0.717) is 21.0 Å². The van der Waals surface area contributed by atoms with Crippen LogP contribution in [0.15, 0.2) is 22.4 Å². The number of aryl methyl sites for hydroxylation is 2. The van der Waals surface area contributed by atoms with Gasteiger partial charge in [-0.2, -0.15) is 5.26 Å². The molecule has 2 aliphatic heterocycles. The Labute approximate surface area is 157 Å². The first kappa shape index (κ1) is 16.9. The molecule has 0 atom stereocenters. The SMILES string of the molecule is CC(=O)c1sc(N=Nc2cc3c4c(c2)CCCN4CCC3)c(C#N)c1C. The minimum atomic E-state index is -0.0382. The first-order chi connectivity index (χ1) is 12.6. The van der Waals surface area contributed by atoms with E-state index in [4.69, 9.17) is 0 Å². The molecule has 0 amide bonds. The van der Waals surface area contributed by atoms with Crippen LogP contribution >= 0.6 is 11.3 Å². The van der Waals surface area contributed by atoms with Crippen LogP contribution in [0, 0.1) is 18.3 Å². The maximum atomic E-state index is 11.7. The highest BCUT2D eigenvalue weighted by molar-refractivity contribution is 7.18. The zero-order valence-corrected chi connectivity index (χ0v) is 15.8. The normalized spacial score (nSPS) is 15.8. The molecule has 0 radical (unpaired) electrons. The van der Waals surface area contributed by atoms with Gasteiger partial charge in [0.2, 0.25) is 0 Å². The van der Waals surface area contributed by atoms with Gasteiger partial charge in [-0.05, 0) is 68.4 Å². The Morgan fingerprint density at radius 1 is 1.19 bits per heavy atom. The van der Waals surface area contributed by atoms with Crippen molar-refractivity contribution in [1.29, 1.82) is 5.26 Å². The Bertz CT molecular complexity index is 936. The van der Waals surface area contributed by atoms with Gasteiger partial charge in [-0.25, -0.2) is 0 Å². The van der Waals surface area contributed by atoms with E-state index < -0.39 is 0 Å². The van der Waals surface area contributed by atoms with Crippen LogP contribution in [-0.2, 0) is 12.8 Å². The average Bonchev–Trinajstić information content (AvgIpc) is 2.96. The lowest BCUT2D eigenvalue weighted by Crippen LogP contribution is -2.34. The molecule has 1 aromatic carbocycles. The first-order valence-corrected chi connectivity index (χ1v) is 9.77. The summed E-state index contributed by atoms with van der Waals surface area (Å²) < 4.78 is 0. The lowest BCUT2D eigenvalue weighted by Gasteiger charge is -2.36. The number of azo groups is 1. The summed E-state index contributed by atoms with van der Waals surface area (Å²) in [5.41, 5.74) is 6.11. The Hall–Kier alpha value is -2.52. The van der Waals surface area contributed by atoms with Crippen molar-refractivity contribution in [3.8, 4) is 6.07 Å². The van der Waals surface area contributed by atoms with Gasteiger partial charge in [0.25, 0.3) is 0 Å². The first-order valence-electron chi connectivity index (χ1n) is 8.95.